The number of anilines is 1. The second kappa shape index (κ2) is 3.84. The lowest BCUT2D eigenvalue weighted by Crippen LogP contribution is -2.15. The first-order chi connectivity index (χ1) is 8.59. The Hall–Kier alpha value is -1.82. The molecule has 18 heavy (non-hydrogen) atoms. The third kappa shape index (κ3) is 1.45. The molecule has 0 spiro atoms. The number of nitrogens with two attached hydrogens (primary N) is 1. The van der Waals surface area contributed by atoms with Crippen LogP contribution in [0.4, 0.5) is 18.9 Å². The van der Waals surface area contributed by atoms with Crippen molar-refractivity contribution >= 4 is 16.6 Å². The fourth-order valence-electron chi connectivity index (χ4n) is 2.16. The molecule has 2 heterocycles. The molecule has 94 valence electrons. The molecule has 1 aromatic heterocycles. The van der Waals surface area contributed by atoms with Crippen LogP contribution in [0, 0.1) is 17.5 Å². The Balaban J connectivity index is 2.46. The van der Waals surface area contributed by atoms with Crippen molar-refractivity contribution in [2.24, 2.45) is 0 Å². The van der Waals surface area contributed by atoms with Gasteiger partial charge in [-0.15, -0.1) is 0 Å². The summed E-state index contributed by atoms with van der Waals surface area (Å²) in [4.78, 5) is 4.04. The van der Waals surface area contributed by atoms with Gasteiger partial charge in [0.1, 0.15) is 5.52 Å². The number of ether oxygens (including phenoxy) is 1. The van der Waals surface area contributed by atoms with Crippen LogP contribution < -0.4 is 5.73 Å². The number of benzene rings is 1. The monoisotopic (exact) mass is 254 g/mol. The number of nitrogens with zero attached hydrogens (tertiary/aromatic N) is 1. The van der Waals surface area contributed by atoms with Crippen molar-refractivity contribution < 1.29 is 17.9 Å². The fourth-order valence-corrected chi connectivity index (χ4v) is 2.16. The lowest BCUT2D eigenvalue weighted by atomic mass is 10.0. The Labute approximate surface area is 100 Å². The maximum absolute atomic E-state index is 13.7. The minimum Gasteiger partial charge on any atom is -0.398 e. The zero-order chi connectivity index (χ0) is 12.9. The molecule has 0 amide bonds. The molecule has 2 aromatic rings. The van der Waals surface area contributed by atoms with E-state index in [1.54, 1.807) is 0 Å². The van der Waals surface area contributed by atoms with E-state index in [2.05, 4.69) is 4.98 Å². The molecule has 0 fully saturated rings. The van der Waals surface area contributed by atoms with E-state index in [9.17, 15) is 13.2 Å². The molecule has 1 aliphatic rings. The van der Waals surface area contributed by atoms with E-state index in [0.717, 1.165) is 0 Å². The standard InChI is InChI=1S/C12H9F3N2O/c13-6-3-7(14)12-9(10(6)15)11(16)5-4-18-2-1-8(5)17-12/h3H,1-2,4H2,(H2,16,17). The smallest absolute Gasteiger partial charge is 0.170 e. The van der Waals surface area contributed by atoms with Gasteiger partial charge in [-0.05, 0) is 0 Å². The summed E-state index contributed by atoms with van der Waals surface area (Å²) in [6.07, 6.45) is 0.480. The van der Waals surface area contributed by atoms with E-state index in [4.69, 9.17) is 10.5 Å². The number of pyridine rings is 1. The molecule has 0 unspecified atom stereocenters. The van der Waals surface area contributed by atoms with Crippen LogP contribution in [0.1, 0.15) is 11.3 Å². The number of rotatable bonds is 0. The first kappa shape index (κ1) is 11.3. The average molecular weight is 254 g/mol. The summed E-state index contributed by atoms with van der Waals surface area (Å²) >= 11 is 0. The highest BCUT2D eigenvalue weighted by Gasteiger charge is 2.22. The number of halogens is 3. The third-order valence-electron chi connectivity index (χ3n) is 3.06. The predicted molar refractivity (Wildman–Crippen MR) is 59.4 cm³/mol. The highest BCUT2D eigenvalue weighted by atomic mass is 19.2. The Bertz CT molecular complexity index is 658. The van der Waals surface area contributed by atoms with Gasteiger partial charge in [0.25, 0.3) is 0 Å². The topological polar surface area (TPSA) is 48.1 Å². The maximum atomic E-state index is 13.7. The van der Waals surface area contributed by atoms with Crippen molar-refractivity contribution in [2.45, 2.75) is 13.0 Å². The van der Waals surface area contributed by atoms with Crippen LogP contribution in [0.2, 0.25) is 0 Å². The summed E-state index contributed by atoms with van der Waals surface area (Å²) in [6.45, 7) is 0.637. The van der Waals surface area contributed by atoms with Gasteiger partial charge >= 0.3 is 0 Å². The van der Waals surface area contributed by atoms with Crippen LogP contribution in [0.5, 0.6) is 0 Å². The molecular weight excluding hydrogens is 245 g/mol. The summed E-state index contributed by atoms with van der Waals surface area (Å²) in [6, 6.07) is 0.482. The van der Waals surface area contributed by atoms with Gasteiger partial charge in [0.05, 0.1) is 30.0 Å². The Morgan fingerprint density at radius 2 is 2.00 bits per heavy atom. The van der Waals surface area contributed by atoms with Crippen LogP contribution in [0.3, 0.4) is 0 Å². The lowest BCUT2D eigenvalue weighted by Gasteiger charge is -2.19. The summed E-state index contributed by atoms with van der Waals surface area (Å²) in [5.41, 5.74) is 6.65. The number of hydrogen-bond donors (Lipinski definition) is 1. The largest absolute Gasteiger partial charge is 0.398 e. The van der Waals surface area contributed by atoms with Crippen LogP contribution in [-0.2, 0) is 17.8 Å². The Morgan fingerprint density at radius 3 is 2.78 bits per heavy atom. The van der Waals surface area contributed by atoms with Gasteiger partial charge in [-0.1, -0.05) is 0 Å². The summed E-state index contributed by atoms with van der Waals surface area (Å²) in [5.74, 6) is -3.36. The molecule has 0 saturated heterocycles. The van der Waals surface area contributed by atoms with Crippen LogP contribution in [0.25, 0.3) is 10.9 Å². The molecule has 6 heteroatoms. The van der Waals surface area contributed by atoms with Crippen molar-refractivity contribution in [1.29, 1.82) is 0 Å². The minimum absolute atomic E-state index is 0.00519. The second-order valence-corrected chi connectivity index (χ2v) is 4.13. The predicted octanol–water partition coefficient (Wildman–Crippen LogP) is 2.31. The summed E-state index contributed by atoms with van der Waals surface area (Å²) in [5, 5.41) is -0.309. The van der Waals surface area contributed by atoms with Crippen molar-refractivity contribution in [3.8, 4) is 0 Å². The zero-order valence-corrected chi connectivity index (χ0v) is 9.27. The molecule has 0 saturated carbocycles. The van der Waals surface area contributed by atoms with Gasteiger partial charge in [-0.25, -0.2) is 18.2 Å². The molecular formula is C12H9F3N2O. The molecule has 0 aliphatic carbocycles. The number of nitrogen functional groups attached to an aromatic ring is 1. The van der Waals surface area contributed by atoms with Gasteiger partial charge in [0, 0.05) is 18.1 Å². The van der Waals surface area contributed by atoms with Gasteiger partial charge in [0.2, 0.25) is 0 Å². The van der Waals surface area contributed by atoms with Crippen LogP contribution in [-0.4, -0.2) is 11.6 Å². The first-order valence-electron chi connectivity index (χ1n) is 5.41. The second-order valence-electron chi connectivity index (χ2n) is 4.13. The van der Waals surface area contributed by atoms with Crippen molar-refractivity contribution in [1.82, 2.24) is 4.98 Å². The summed E-state index contributed by atoms with van der Waals surface area (Å²) < 4.78 is 45.7. The van der Waals surface area contributed by atoms with Gasteiger partial charge < -0.3 is 10.5 Å². The molecule has 2 N–H and O–H groups in total. The number of aromatic nitrogens is 1. The summed E-state index contributed by atoms with van der Waals surface area (Å²) in [7, 11) is 0. The van der Waals surface area contributed by atoms with E-state index in [-0.39, 0.29) is 23.2 Å². The number of hydrogen-bond acceptors (Lipinski definition) is 3. The molecule has 0 atom stereocenters. The van der Waals surface area contributed by atoms with Gasteiger partial charge in [0.15, 0.2) is 17.5 Å². The average Bonchev–Trinajstić information content (AvgIpc) is 2.36. The fraction of sp³-hybridized carbons (Fsp3) is 0.250. The van der Waals surface area contributed by atoms with Crippen LogP contribution >= 0.6 is 0 Å². The first-order valence-corrected chi connectivity index (χ1v) is 5.41. The maximum Gasteiger partial charge on any atom is 0.170 e. The highest BCUT2D eigenvalue weighted by Crippen LogP contribution is 2.33. The molecule has 0 radical (unpaired) electrons. The molecule has 3 rings (SSSR count). The quantitative estimate of drug-likeness (QED) is 0.734. The number of fused-ring (bicyclic) bond motifs is 2. The van der Waals surface area contributed by atoms with Crippen LogP contribution in [0.15, 0.2) is 6.07 Å². The van der Waals surface area contributed by atoms with Gasteiger partial charge in [-0.3, -0.25) is 0 Å². The molecule has 1 aliphatic heterocycles. The molecule has 1 aromatic carbocycles. The van der Waals surface area contributed by atoms with E-state index in [1.807, 2.05) is 0 Å². The zero-order valence-electron chi connectivity index (χ0n) is 9.27. The Morgan fingerprint density at radius 1 is 1.22 bits per heavy atom. The van der Waals surface area contributed by atoms with Gasteiger partial charge in [-0.2, -0.15) is 0 Å². The van der Waals surface area contributed by atoms with Crippen molar-refractivity contribution in [2.75, 3.05) is 12.3 Å². The SMILES string of the molecule is Nc1c2c(nc3c(F)cc(F)c(F)c13)CCOC2. The highest BCUT2D eigenvalue weighted by molar-refractivity contribution is 5.93. The van der Waals surface area contributed by atoms with E-state index < -0.39 is 17.5 Å². The molecule has 0 bridgehead atoms. The van der Waals surface area contributed by atoms with Crippen molar-refractivity contribution in [3.63, 3.8) is 0 Å². The van der Waals surface area contributed by atoms with Crippen molar-refractivity contribution in [3.05, 3.63) is 34.8 Å². The Kier molecular flexibility index (Phi) is 2.41. The normalized spacial score (nSPS) is 14.8. The lowest BCUT2D eigenvalue weighted by molar-refractivity contribution is 0.110. The van der Waals surface area contributed by atoms with E-state index in [0.29, 0.717) is 30.4 Å². The van der Waals surface area contributed by atoms with E-state index >= 15 is 0 Å². The third-order valence-corrected chi connectivity index (χ3v) is 3.06. The van der Waals surface area contributed by atoms with E-state index in [1.165, 1.54) is 0 Å². The minimum atomic E-state index is -1.27. The molecule has 3 nitrogen and oxygen atoms in total.